The predicted octanol–water partition coefficient (Wildman–Crippen LogP) is 5.09. The van der Waals surface area contributed by atoms with E-state index in [0.29, 0.717) is 34.3 Å². The van der Waals surface area contributed by atoms with Crippen molar-refractivity contribution >= 4 is 38.1 Å². The van der Waals surface area contributed by atoms with Gasteiger partial charge in [-0.25, -0.2) is 0 Å². The number of ether oxygens (including phenoxy) is 3. The number of halogens is 2. The molecule has 3 atom stereocenters. The number of morpholine rings is 1. The monoisotopic (exact) mass is 935 g/mol. The van der Waals surface area contributed by atoms with Crippen molar-refractivity contribution in [2.75, 3.05) is 26.3 Å². The Bertz CT molecular complexity index is 1760. The zero-order valence-electron chi connectivity index (χ0n) is 31.7. The number of benzene rings is 3. The first-order valence-electron chi connectivity index (χ1n) is 16.6. The van der Waals surface area contributed by atoms with Gasteiger partial charge in [-0.3, -0.25) is 22.9 Å². The van der Waals surface area contributed by atoms with Gasteiger partial charge in [0.05, 0.1) is 13.2 Å². The number of rotatable bonds is 12. The molecule has 0 unspecified atom stereocenters. The maximum atomic E-state index is 12.2. The summed E-state index contributed by atoms with van der Waals surface area (Å²) in [6.07, 6.45) is 0.360. The summed E-state index contributed by atoms with van der Waals surface area (Å²) in [7, 11) is 0. The van der Waals surface area contributed by atoms with E-state index in [0.717, 1.165) is 43.0 Å². The molecular weight excluding hydrogens is 895 g/mol. The molecule has 1 fully saturated rings. The minimum Gasteiger partial charge on any atom is -0.847 e. The Morgan fingerprint density at radius 2 is 1.29 bits per heavy atom. The standard InChI is InChI=1S/C13H12BrNO3.C13H18NO2.C11H8BrNO3.2C2H3.Li.Zn/c1-2-10(16)12-11(14)13(15-18-12)17-8-9-6-4-3-5-7-9;1-11(14-7-9-16-10-8-14)13(15)12-5-3-2-4-6-12;12-10-9(6-14)16-13-11(10)15-7-8-4-2-1-3-5-8;2*1-2;;/h2-7,10,16H,1,8H2;2-6,11,13H,7-10H2,1H3;1-6H,7H2;2*1H,2H2;;/q;-1;;2*-1;+1;+2/t10-;11-,13-;;;;;/m11...../s1. The van der Waals surface area contributed by atoms with Gasteiger partial charge in [-0.1, -0.05) is 116 Å². The molecule has 0 aliphatic carbocycles. The maximum Gasteiger partial charge on any atom is 2.00 e. The fraction of sp³-hybridized carbons (Fsp3) is 0.244. The number of carbonyl (C=O) groups is 1. The van der Waals surface area contributed by atoms with Gasteiger partial charge in [0.1, 0.15) is 28.3 Å². The summed E-state index contributed by atoms with van der Waals surface area (Å²) in [5.41, 5.74) is 2.92. The van der Waals surface area contributed by atoms with Crippen molar-refractivity contribution < 1.29 is 76.6 Å². The van der Waals surface area contributed by atoms with Gasteiger partial charge < -0.3 is 46.6 Å². The number of hydrogen-bond acceptors (Lipinski definition) is 11. The van der Waals surface area contributed by atoms with Crippen LogP contribution in [0.3, 0.4) is 0 Å². The Hall–Kier alpha value is -3.41. The summed E-state index contributed by atoms with van der Waals surface area (Å²) in [6, 6.07) is 29.0. The van der Waals surface area contributed by atoms with Gasteiger partial charge >= 0.3 is 38.3 Å². The van der Waals surface area contributed by atoms with E-state index in [1.807, 2.05) is 97.9 Å². The summed E-state index contributed by atoms with van der Waals surface area (Å²) in [5, 5.41) is 29.2. The predicted molar refractivity (Wildman–Crippen MR) is 211 cm³/mol. The van der Waals surface area contributed by atoms with Crippen LogP contribution in [0.25, 0.3) is 0 Å². The van der Waals surface area contributed by atoms with Gasteiger partial charge in [-0.15, -0.1) is 6.58 Å². The topological polar surface area (TPSA) is 143 Å². The van der Waals surface area contributed by atoms with Crippen LogP contribution >= 0.6 is 31.9 Å². The quantitative estimate of drug-likeness (QED) is 0.0775. The first-order valence-corrected chi connectivity index (χ1v) is 18.1. The Balaban J connectivity index is 0.000000763. The summed E-state index contributed by atoms with van der Waals surface area (Å²) < 4.78 is 26.9. The van der Waals surface area contributed by atoms with E-state index in [1.54, 1.807) is 0 Å². The summed E-state index contributed by atoms with van der Waals surface area (Å²) in [4.78, 5) is 12.7. The second-order valence-corrected chi connectivity index (χ2v) is 12.5. The summed E-state index contributed by atoms with van der Waals surface area (Å²) in [6.45, 7) is 23.5. The zero-order chi connectivity index (χ0) is 39.7. The van der Waals surface area contributed by atoms with Crippen LogP contribution in [0.1, 0.15) is 52.1 Å². The van der Waals surface area contributed by atoms with Crippen molar-refractivity contribution in [2.24, 2.45) is 0 Å². The number of hydrogen-bond donors (Lipinski definition) is 1. The van der Waals surface area contributed by atoms with Gasteiger partial charge in [0, 0.05) is 13.1 Å². The minimum absolute atomic E-state index is 0. The number of aliphatic hydroxyl groups excluding tert-OH is 1. The third-order valence-electron chi connectivity index (χ3n) is 7.49. The van der Waals surface area contributed by atoms with Crippen LogP contribution in [-0.2, 0) is 37.4 Å². The Labute approximate surface area is 371 Å². The molecule has 5 aromatic rings. The molecule has 0 spiro atoms. The fourth-order valence-electron chi connectivity index (χ4n) is 4.65. The molecule has 0 saturated carbocycles. The molecule has 1 aliphatic heterocycles. The number of aldehydes is 1. The van der Waals surface area contributed by atoms with Crippen LogP contribution < -0.4 is 33.4 Å². The fourth-order valence-corrected chi connectivity index (χ4v) is 5.49. The number of aromatic nitrogens is 2. The maximum absolute atomic E-state index is 12.2. The molecule has 2 aromatic heterocycles. The van der Waals surface area contributed by atoms with Crippen LogP contribution in [-0.4, -0.2) is 59.0 Å². The van der Waals surface area contributed by atoms with E-state index in [4.69, 9.17) is 23.3 Å². The van der Waals surface area contributed by atoms with Crippen molar-refractivity contribution in [1.82, 2.24) is 15.2 Å². The van der Waals surface area contributed by atoms with Crippen molar-refractivity contribution in [2.45, 2.75) is 38.4 Å². The van der Waals surface area contributed by atoms with Crippen LogP contribution in [0.2, 0.25) is 0 Å². The van der Waals surface area contributed by atoms with Crippen LogP contribution in [0, 0.1) is 13.2 Å². The third kappa shape index (κ3) is 17.4. The van der Waals surface area contributed by atoms with Gasteiger partial charge in [-0.05, 0) is 59.3 Å². The molecule has 11 nitrogen and oxygen atoms in total. The molecule has 0 bridgehead atoms. The van der Waals surface area contributed by atoms with E-state index in [-0.39, 0.29) is 61.8 Å². The molecule has 3 aromatic carbocycles. The van der Waals surface area contributed by atoms with Gasteiger partial charge in [0.15, 0.2) is 12.0 Å². The third-order valence-corrected chi connectivity index (χ3v) is 8.95. The zero-order valence-corrected chi connectivity index (χ0v) is 37.8. The van der Waals surface area contributed by atoms with Gasteiger partial charge in [0.25, 0.3) is 11.8 Å². The molecular formula is C41H44Br2LiN3O8Zn. The van der Waals surface area contributed by atoms with Crippen LogP contribution in [0.15, 0.2) is 135 Å². The molecule has 0 amide bonds. The van der Waals surface area contributed by atoms with Crippen LogP contribution in [0.5, 0.6) is 11.8 Å². The molecule has 1 N–H and O–H groups in total. The number of nitrogens with zero attached hydrogens (tertiary/aromatic N) is 3. The Morgan fingerprint density at radius 3 is 1.73 bits per heavy atom. The average molecular weight is 939 g/mol. The van der Waals surface area contributed by atoms with E-state index in [1.165, 1.54) is 6.08 Å². The van der Waals surface area contributed by atoms with Crippen molar-refractivity contribution in [3.05, 3.63) is 167 Å². The second kappa shape index (κ2) is 30.7. The van der Waals surface area contributed by atoms with E-state index in [2.05, 4.69) is 80.0 Å². The Kier molecular flexibility index (Phi) is 28.8. The molecule has 15 heteroatoms. The summed E-state index contributed by atoms with van der Waals surface area (Å²) >= 11 is 6.45. The van der Waals surface area contributed by atoms with Crippen molar-refractivity contribution in [3.8, 4) is 11.8 Å². The van der Waals surface area contributed by atoms with E-state index < -0.39 is 12.2 Å². The first kappa shape index (κ1) is 52.6. The molecule has 288 valence electrons. The van der Waals surface area contributed by atoms with E-state index in [9.17, 15) is 15.0 Å². The molecule has 0 radical (unpaired) electrons. The van der Waals surface area contributed by atoms with Crippen LogP contribution in [0.4, 0.5) is 0 Å². The largest absolute Gasteiger partial charge is 2.00 e. The van der Waals surface area contributed by atoms with Gasteiger partial charge in [0.2, 0.25) is 5.76 Å². The second-order valence-electron chi connectivity index (χ2n) is 10.9. The Morgan fingerprint density at radius 1 is 0.839 bits per heavy atom. The molecule has 1 aliphatic rings. The summed E-state index contributed by atoms with van der Waals surface area (Å²) in [5.74, 6) is 1.01. The smallest absolute Gasteiger partial charge is 0.847 e. The van der Waals surface area contributed by atoms with Crippen molar-refractivity contribution in [1.29, 1.82) is 0 Å². The molecule has 56 heavy (non-hydrogen) atoms. The number of carbonyl (C=O) groups excluding carboxylic acids is 1. The van der Waals surface area contributed by atoms with E-state index >= 15 is 0 Å². The normalized spacial score (nSPS) is 13.1. The SMILES string of the molecule is C=C[C@@H](O)c1onc(OCc2ccccc2)c1Br.C[C@H]([C@@H]([O-])c1ccccc1)N1CCOCC1.O=Cc1onc(OCc2ccccc2)c1Br.[CH-]=C.[CH-]=C.[Li+].[Zn+2]. The molecule has 6 rings (SSSR count). The molecule has 3 heterocycles. The minimum atomic E-state index is -0.902. The first-order chi connectivity index (χ1) is 26.3. The average Bonchev–Trinajstić information content (AvgIpc) is 3.81. The van der Waals surface area contributed by atoms with Gasteiger partial charge in [-0.2, -0.15) is 0 Å². The van der Waals surface area contributed by atoms with Crippen molar-refractivity contribution in [3.63, 3.8) is 0 Å². The molecule has 1 saturated heterocycles. The number of aliphatic hydroxyl groups is 1.